The molecule has 0 N–H and O–H groups in total. The van der Waals surface area contributed by atoms with Gasteiger partial charge >= 0.3 is 5.97 Å². The molecule has 0 bridgehead atoms. The van der Waals surface area contributed by atoms with Crippen LogP contribution in [0.2, 0.25) is 0 Å². The van der Waals surface area contributed by atoms with Crippen molar-refractivity contribution in [1.29, 1.82) is 5.26 Å². The summed E-state index contributed by atoms with van der Waals surface area (Å²) in [6, 6.07) is 4.50. The molecule has 0 aliphatic carbocycles. The molecule has 0 amide bonds. The summed E-state index contributed by atoms with van der Waals surface area (Å²) in [5.74, 6) is -1.59. The van der Waals surface area contributed by atoms with Gasteiger partial charge in [-0.15, -0.1) is 0 Å². The van der Waals surface area contributed by atoms with E-state index in [4.69, 9.17) is 5.26 Å². The van der Waals surface area contributed by atoms with Crippen LogP contribution in [-0.4, -0.2) is 13.1 Å². The minimum atomic E-state index is -0.820. The Kier molecular flexibility index (Phi) is 2.82. The molecule has 0 aromatic heterocycles. The number of hydrogen-bond acceptors (Lipinski definition) is 3. The molecule has 0 aliphatic rings. The Bertz CT molecular complexity index is 421. The third-order valence-electron chi connectivity index (χ3n) is 1.86. The highest BCUT2D eigenvalue weighted by Crippen LogP contribution is 2.17. The van der Waals surface area contributed by atoms with Crippen molar-refractivity contribution in [2.24, 2.45) is 0 Å². The number of carbonyl (C=O) groups is 1. The zero-order valence-electron chi connectivity index (χ0n) is 7.80. The zero-order chi connectivity index (χ0) is 10.7. The first-order chi connectivity index (χ1) is 6.61. The largest absolute Gasteiger partial charge is 0.465 e. The number of carbonyl (C=O) groups excluding carboxylic acids is 1. The minimum Gasteiger partial charge on any atom is -0.465 e. The Hall–Kier alpha value is -1.89. The lowest BCUT2D eigenvalue weighted by atomic mass is 10.0. The van der Waals surface area contributed by atoms with Gasteiger partial charge in [0.15, 0.2) is 5.82 Å². The van der Waals surface area contributed by atoms with Crippen LogP contribution in [0.4, 0.5) is 4.39 Å². The van der Waals surface area contributed by atoms with Crippen molar-refractivity contribution in [2.45, 2.75) is 6.92 Å². The number of nitrogens with zero attached hydrogens (tertiary/aromatic N) is 1. The topological polar surface area (TPSA) is 50.1 Å². The predicted molar refractivity (Wildman–Crippen MR) is 47.2 cm³/mol. The van der Waals surface area contributed by atoms with Crippen LogP contribution in [0.25, 0.3) is 0 Å². The molecule has 72 valence electrons. The monoisotopic (exact) mass is 193 g/mol. The van der Waals surface area contributed by atoms with Crippen LogP contribution in [0.5, 0.6) is 0 Å². The summed E-state index contributed by atoms with van der Waals surface area (Å²) in [6.07, 6.45) is 0. The van der Waals surface area contributed by atoms with Crippen LogP contribution >= 0.6 is 0 Å². The fourth-order valence-electron chi connectivity index (χ4n) is 1.11. The second kappa shape index (κ2) is 3.88. The summed E-state index contributed by atoms with van der Waals surface area (Å²) >= 11 is 0. The van der Waals surface area contributed by atoms with E-state index < -0.39 is 11.8 Å². The van der Waals surface area contributed by atoms with Gasteiger partial charge in [0.25, 0.3) is 0 Å². The van der Waals surface area contributed by atoms with Crippen LogP contribution in [-0.2, 0) is 4.74 Å². The van der Waals surface area contributed by atoms with E-state index in [0.29, 0.717) is 5.56 Å². The summed E-state index contributed by atoms with van der Waals surface area (Å²) in [6.45, 7) is 1.58. The number of aryl methyl sites for hydroxylation is 1. The quantitative estimate of drug-likeness (QED) is 0.639. The highest BCUT2D eigenvalue weighted by Gasteiger charge is 2.18. The van der Waals surface area contributed by atoms with Gasteiger partial charge in [0.1, 0.15) is 6.07 Å². The van der Waals surface area contributed by atoms with Crippen molar-refractivity contribution in [1.82, 2.24) is 0 Å². The standard InChI is InChI=1S/C10H8FNO2/c1-6-3-4-7(5-12)9(11)8(6)10(13)14-2/h3-4H,1-2H3. The van der Waals surface area contributed by atoms with Crippen LogP contribution in [0.1, 0.15) is 21.5 Å². The first-order valence-corrected chi connectivity index (χ1v) is 3.89. The van der Waals surface area contributed by atoms with Crippen LogP contribution in [0.3, 0.4) is 0 Å². The molecular formula is C10H8FNO2. The number of nitriles is 1. The van der Waals surface area contributed by atoms with E-state index >= 15 is 0 Å². The first-order valence-electron chi connectivity index (χ1n) is 3.89. The molecule has 1 rings (SSSR count). The summed E-state index contributed by atoms with van der Waals surface area (Å²) in [5, 5.41) is 8.55. The van der Waals surface area contributed by atoms with Gasteiger partial charge < -0.3 is 4.74 Å². The smallest absolute Gasteiger partial charge is 0.341 e. The molecule has 1 aromatic carbocycles. The van der Waals surface area contributed by atoms with Gasteiger partial charge in [-0.3, -0.25) is 0 Å². The number of rotatable bonds is 1. The van der Waals surface area contributed by atoms with Crippen molar-refractivity contribution >= 4 is 5.97 Å². The molecule has 0 unspecified atom stereocenters. The molecule has 4 heteroatoms. The third kappa shape index (κ3) is 1.57. The van der Waals surface area contributed by atoms with E-state index in [-0.39, 0.29) is 11.1 Å². The van der Waals surface area contributed by atoms with Crippen molar-refractivity contribution < 1.29 is 13.9 Å². The van der Waals surface area contributed by atoms with Crippen molar-refractivity contribution in [3.63, 3.8) is 0 Å². The lowest BCUT2D eigenvalue weighted by Gasteiger charge is -2.05. The minimum absolute atomic E-state index is 0.156. The number of esters is 1. The van der Waals surface area contributed by atoms with Crippen LogP contribution in [0, 0.1) is 24.1 Å². The van der Waals surface area contributed by atoms with Crippen LogP contribution < -0.4 is 0 Å². The number of halogens is 1. The Labute approximate surface area is 80.7 Å². The average molecular weight is 193 g/mol. The number of ether oxygens (including phenoxy) is 1. The summed E-state index contributed by atoms with van der Waals surface area (Å²) < 4.78 is 17.9. The number of benzene rings is 1. The summed E-state index contributed by atoms with van der Waals surface area (Å²) in [4.78, 5) is 11.2. The van der Waals surface area contributed by atoms with E-state index in [2.05, 4.69) is 4.74 Å². The lowest BCUT2D eigenvalue weighted by Crippen LogP contribution is -2.08. The van der Waals surface area contributed by atoms with Crippen molar-refractivity contribution in [3.05, 3.63) is 34.6 Å². The Balaban J connectivity index is 3.42. The predicted octanol–water partition coefficient (Wildman–Crippen LogP) is 1.79. The fourth-order valence-corrected chi connectivity index (χ4v) is 1.11. The second-order valence-electron chi connectivity index (χ2n) is 2.72. The van der Waals surface area contributed by atoms with Gasteiger partial charge in [-0.2, -0.15) is 5.26 Å². The van der Waals surface area contributed by atoms with E-state index in [9.17, 15) is 9.18 Å². The third-order valence-corrected chi connectivity index (χ3v) is 1.86. The first kappa shape index (κ1) is 10.2. The molecular weight excluding hydrogens is 185 g/mol. The fraction of sp³-hybridized carbons (Fsp3) is 0.200. The maximum atomic E-state index is 13.4. The molecule has 0 spiro atoms. The van der Waals surface area contributed by atoms with Gasteiger partial charge in [-0.05, 0) is 18.6 Å². The SMILES string of the molecule is COC(=O)c1c(C)ccc(C#N)c1F. The Morgan fingerprint density at radius 2 is 2.21 bits per heavy atom. The molecule has 0 radical (unpaired) electrons. The highest BCUT2D eigenvalue weighted by molar-refractivity contribution is 5.91. The maximum Gasteiger partial charge on any atom is 0.341 e. The number of methoxy groups -OCH3 is 1. The van der Waals surface area contributed by atoms with Gasteiger partial charge in [-0.25, -0.2) is 9.18 Å². The highest BCUT2D eigenvalue weighted by atomic mass is 19.1. The molecule has 0 saturated heterocycles. The normalized spacial score (nSPS) is 9.29. The average Bonchev–Trinajstić information content (AvgIpc) is 2.18. The second-order valence-corrected chi connectivity index (χ2v) is 2.72. The van der Waals surface area contributed by atoms with E-state index in [1.54, 1.807) is 13.0 Å². The molecule has 14 heavy (non-hydrogen) atoms. The zero-order valence-corrected chi connectivity index (χ0v) is 7.80. The summed E-state index contributed by atoms with van der Waals surface area (Å²) in [5.41, 5.74) is 0.121. The number of hydrogen-bond donors (Lipinski definition) is 0. The van der Waals surface area contributed by atoms with Crippen molar-refractivity contribution in [3.8, 4) is 6.07 Å². The van der Waals surface area contributed by atoms with Gasteiger partial charge in [-0.1, -0.05) is 6.07 Å². The Morgan fingerprint density at radius 3 is 2.71 bits per heavy atom. The molecule has 1 aromatic rings. The van der Waals surface area contributed by atoms with Crippen LogP contribution in [0.15, 0.2) is 12.1 Å². The van der Waals surface area contributed by atoms with E-state index in [1.807, 2.05) is 0 Å². The maximum absolute atomic E-state index is 13.4. The van der Waals surface area contributed by atoms with Gasteiger partial charge in [0, 0.05) is 0 Å². The Morgan fingerprint density at radius 1 is 1.57 bits per heavy atom. The van der Waals surface area contributed by atoms with Crippen molar-refractivity contribution in [2.75, 3.05) is 7.11 Å². The van der Waals surface area contributed by atoms with E-state index in [1.165, 1.54) is 19.2 Å². The molecule has 0 saturated carbocycles. The summed E-state index contributed by atoms with van der Waals surface area (Å²) in [7, 11) is 1.17. The molecule has 0 atom stereocenters. The molecule has 0 fully saturated rings. The molecule has 3 nitrogen and oxygen atoms in total. The van der Waals surface area contributed by atoms with Gasteiger partial charge in [0.05, 0.1) is 18.2 Å². The lowest BCUT2D eigenvalue weighted by molar-refractivity contribution is 0.0594. The van der Waals surface area contributed by atoms with Gasteiger partial charge in [0.2, 0.25) is 0 Å². The molecule has 0 heterocycles. The van der Waals surface area contributed by atoms with E-state index in [0.717, 1.165) is 0 Å². The molecule has 0 aliphatic heterocycles.